The fraction of sp³-hybridized carbons (Fsp3) is 0.536. The number of amides is 1. The Bertz CT molecular complexity index is 1110. The lowest BCUT2D eigenvalue weighted by molar-refractivity contribution is -0.125. The van der Waals surface area contributed by atoms with Crippen molar-refractivity contribution in [2.75, 3.05) is 63.2 Å². The highest BCUT2D eigenvalue weighted by atomic mass is 19.1. The third kappa shape index (κ3) is 5.93. The summed E-state index contributed by atoms with van der Waals surface area (Å²) in [4.78, 5) is 18.1. The molecule has 0 aliphatic carbocycles. The molecule has 200 valence electrons. The van der Waals surface area contributed by atoms with Crippen molar-refractivity contribution in [2.24, 2.45) is 11.7 Å². The maximum atomic E-state index is 14.7. The summed E-state index contributed by atoms with van der Waals surface area (Å²) >= 11 is 0. The molecule has 2 aromatic carbocycles. The lowest BCUT2D eigenvalue weighted by Crippen LogP contribution is -2.47. The van der Waals surface area contributed by atoms with Gasteiger partial charge in [-0.05, 0) is 80.2 Å². The number of fused-ring (bicyclic) bond motifs is 1. The monoisotopic (exact) mass is 511 g/mol. The minimum Gasteiger partial charge on any atom is -0.486 e. The number of hydrogen-bond donors (Lipinski definition) is 3. The van der Waals surface area contributed by atoms with Crippen LogP contribution < -0.4 is 30.7 Å². The maximum Gasteiger partial charge on any atom is 0.225 e. The van der Waals surface area contributed by atoms with Crippen molar-refractivity contribution in [1.29, 1.82) is 0 Å². The number of nitrogens with one attached hydrogen (secondary N) is 2. The third-order valence-electron chi connectivity index (χ3n) is 7.66. The Morgan fingerprint density at radius 2 is 1.97 bits per heavy atom. The van der Waals surface area contributed by atoms with E-state index in [0.29, 0.717) is 38.5 Å². The Hall–Kier alpha value is -3.04. The van der Waals surface area contributed by atoms with E-state index < -0.39 is 5.82 Å². The molecule has 4 N–H and O–H groups in total. The fourth-order valence-corrected chi connectivity index (χ4v) is 5.72. The van der Waals surface area contributed by atoms with Gasteiger partial charge in [0.1, 0.15) is 13.2 Å². The number of nitrogens with zero attached hydrogens (tertiary/aromatic N) is 2. The fourth-order valence-electron chi connectivity index (χ4n) is 5.72. The van der Waals surface area contributed by atoms with Gasteiger partial charge in [-0.25, -0.2) is 4.39 Å². The van der Waals surface area contributed by atoms with Gasteiger partial charge in [-0.15, -0.1) is 0 Å². The molecule has 2 atom stereocenters. The van der Waals surface area contributed by atoms with E-state index in [9.17, 15) is 9.18 Å². The van der Waals surface area contributed by atoms with E-state index in [1.165, 1.54) is 18.9 Å². The first-order valence-corrected chi connectivity index (χ1v) is 13.4. The quantitative estimate of drug-likeness (QED) is 0.477. The van der Waals surface area contributed by atoms with Gasteiger partial charge in [0.25, 0.3) is 0 Å². The van der Waals surface area contributed by atoms with E-state index in [2.05, 4.69) is 32.6 Å². The van der Waals surface area contributed by atoms with Crippen LogP contribution in [0.2, 0.25) is 0 Å². The number of likely N-dealkylation sites (tertiary alicyclic amines) is 1. The topological polar surface area (TPSA) is 92.1 Å². The predicted octanol–water partition coefficient (Wildman–Crippen LogP) is 2.75. The molecule has 0 saturated carbocycles. The number of anilines is 2. The van der Waals surface area contributed by atoms with Gasteiger partial charge >= 0.3 is 0 Å². The third-order valence-corrected chi connectivity index (χ3v) is 7.66. The highest BCUT2D eigenvalue weighted by molar-refractivity contribution is 5.80. The van der Waals surface area contributed by atoms with Gasteiger partial charge < -0.3 is 35.6 Å². The van der Waals surface area contributed by atoms with Crippen LogP contribution in [0, 0.1) is 11.7 Å². The molecule has 2 fully saturated rings. The minimum atomic E-state index is -0.411. The zero-order chi connectivity index (χ0) is 25.8. The first-order valence-electron chi connectivity index (χ1n) is 13.4. The largest absolute Gasteiger partial charge is 0.486 e. The number of rotatable bonds is 9. The molecule has 2 saturated heterocycles. The first kappa shape index (κ1) is 25.6. The average molecular weight is 512 g/mol. The zero-order valence-electron chi connectivity index (χ0n) is 21.6. The van der Waals surface area contributed by atoms with Crippen molar-refractivity contribution in [1.82, 2.24) is 10.2 Å². The number of halogens is 1. The molecule has 37 heavy (non-hydrogen) atoms. The molecule has 3 heterocycles. The van der Waals surface area contributed by atoms with E-state index in [1.54, 1.807) is 0 Å². The molecular weight excluding hydrogens is 473 g/mol. The van der Waals surface area contributed by atoms with Crippen LogP contribution in [-0.2, 0) is 17.8 Å². The van der Waals surface area contributed by atoms with E-state index in [4.69, 9.17) is 15.2 Å². The second-order valence-electron chi connectivity index (χ2n) is 10.2. The minimum absolute atomic E-state index is 0.0654. The van der Waals surface area contributed by atoms with Crippen molar-refractivity contribution in [3.63, 3.8) is 0 Å². The van der Waals surface area contributed by atoms with Crippen LogP contribution in [0.25, 0.3) is 0 Å². The second-order valence-corrected chi connectivity index (χ2v) is 10.2. The van der Waals surface area contributed by atoms with E-state index in [0.717, 1.165) is 55.1 Å². The highest BCUT2D eigenvalue weighted by Gasteiger charge is 2.31. The summed E-state index contributed by atoms with van der Waals surface area (Å²) in [6.45, 7) is 5.53. The molecule has 0 spiro atoms. The lowest BCUT2D eigenvalue weighted by Gasteiger charge is -2.27. The molecule has 1 unspecified atom stereocenters. The predicted molar refractivity (Wildman–Crippen MR) is 143 cm³/mol. The Morgan fingerprint density at radius 3 is 2.76 bits per heavy atom. The van der Waals surface area contributed by atoms with Crippen LogP contribution in [0.15, 0.2) is 30.3 Å². The van der Waals surface area contributed by atoms with E-state index in [1.807, 2.05) is 19.2 Å². The first-order chi connectivity index (χ1) is 18.0. The van der Waals surface area contributed by atoms with Gasteiger partial charge in [-0.3, -0.25) is 4.79 Å². The standard InChI is InChI=1S/C28H38FN5O3/c1-31-25-5-4-23(15-21(25)16-30)34-9-6-20(17-34)28(35)32-22(18-33-7-2-3-8-33)12-19-13-24(29)27-26(14-19)36-10-11-37-27/h4-5,13-15,20,22,31H,2-3,6-12,16-18,30H2,1H3,(H,32,35)/t20-,22?/m1/s1. The Balaban J connectivity index is 1.26. The number of carbonyl (C=O) groups is 1. The number of carbonyl (C=O) groups excluding carboxylic acids is 1. The molecule has 0 aromatic heterocycles. The Morgan fingerprint density at radius 1 is 1.16 bits per heavy atom. The molecule has 3 aliphatic rings. The Kier molecular flexibility index (Phi) is 8.00. The van der Waals surface area contributed by atoms with Crippen LogP contribution in [0.5, 0.6) is 11.5 Å². The van der Waals surface area contributed by atoms with Crippen LogP contribution in [0.3, 0.4) is 0 Å². The molecule has 3 aliphatic heterocycles. The highest BCUT2D eigenvalue weighted by Crippen LogP contribution is 2.34. The summed E-state index contributed by atoms with van der Waals surface area (Å²) in [6, 6.07) is 9.49. The summed E-state index contributed by atoms with van der Waals surface area (Å²) in [5.74, 6) is 0.187. The SMILES string of the molecule is CNc1ccc(N2CC[C@@H](C(=O)NC(Cc3cc(F)c4c(c3)OCCO4)CN3CCCC3)C2)cc1CN. The maximum absolute atomic E-state index is 14.7. The average Bonchev–Trinajstić information content (AvgIpc) is 3.61. The summed E-state index contributed by atoms with van der Waals surface area (Å²) in [7, 11) is 1.89. The van der Waals surface area contributed by atoms with Crippen molar-refractivity contribution >= 4 is 17.3 Å². The summed E-state index contributed by atoms with van der Waals surface area (Å²) in [6.07, 6.45) is 3.69. The second kappa shape index (κ2) is 11.6. The molecule has 9 heteroatoms. The number of hydrogen-bond acceptors (Lipinski definition) is 7. The normalized spacial score (nSPS) is 20.2. The van der Waals surface area contributed by atoms with Crippen molar-refractivity contribution < 1.29 is 18.7 Å². The number of nitrogens with two attached hydrogens (primary N) is 1. The van der Waals surface area contributed by atoms with Gasteiger partial charge in [0, 0.05) is 50.6 Å². The van der Waals surface area contributed by atoms with E-state index >= 15 is 0 Å². The van der Waals surface area contributed by atoms with Gasteiger partial charge in [0.2, 0.25) is 5.91 Å². The summed E-state index contributed by atoms with van der Waals surface area (Å²) in [5, 5.41) is 6.49. The van der Waals surface area contributed by atoms with Crippen molar-refractivity contribution in [2.45, 2.75) is 38.3 Å². The molecular formula is C28H38FN5O3. The van der Waals surface area contributed by atoms with Crippen molar-refractivity contribution in [3.8, 4) is 11.5 Å². The molecule has 1 amide bonds. The van der Waals surface area contributed by atoms with Crippen LogP contribution in [0.4, 0.5) is 15.8 Å². The smallest absolute Gasteiger partial charge is 0.225 e. The molecule has 8 nitrogen and oxygen atoms in total. The molecule has 0 radical (unpaired) electrons. The van der Waals surface area contributed by atoms with Gasteiger partial charge in [0.15, 0.2) is 17.3 Å². The van der Waals surface area contributed by atoms with E-state index in [-0.39, 0.29) is 23.6 Å². The van der Waals surface area contributed by atoms with Gasteiger partial charge in [0.05, 0.1) is 5.92 Å². The van der Waals surface area contributed by atoms with Gasteiger partial charge in [-0.1, -0.05) is 0 Å². The molecule has 0 bridgehead atoms. The molecule has 5 rings (SSSR count). The van der Waals surface area contributed by atoms with Crippen LogP contribution >= 0.6 is 0 Å². The summed E-state index contributed by atoms with van der Waals surface area (Å²) < 4.78 is 25.7. The molecule has 2 aromatic rings. The zero-order valence-corrected chi connectivity index (χ0v) is 21.6. The lowest BCUT2D eigenvalue weighted by atomic mass is 10.0. The van der Waals surface area contributed by atoms with Gasteiger partial charge in [-0.2, -0.15) is 0 Å². The number of ether oxygens (including phenoxy) is 2. The van der Waals surface area contributed by atoms with Crippen LogP contribution in [-0.4, -0.2) is 69.8 Å². The summed E-state index contributed by atoms with van der Waals surface area (Å²) in [5.41, 5.74) is 9.92. The Labute approximate surface area is 218 Å². The van der Waals surface area contributed by atoms with Crippen LogP contribution in [0.1, 0.15) is 30.4 Å². The van der Waals surface area contributed by atoms with Crippen molar-refractivity contribution in [3.05, 3.63) is 47.3 Å². The number of benzene rings is 2.